The number of hydrogen-bond acceptors (Lipinski definition) is 3. The highest BCUT2D eigenvalue weighted by molar-refractivity contribution is 5.86. The van der Waals surface area contributed by atoms with Crippen LogP contribution in [-0.2, 0) is 9.59 Å². The normalized spacial score (nSPS) is 16.2. The number of carbonyl (C=O) groups excluding carboxylic acids is 2. The van der Waals surface area contributed by atoms with Crippen molar-refractivity contribution in [2.24, 2.45) is 0 Å². The number of rotatable bonds is 4. The highest BCUT2D eigenvalue weighted by Gasteiger charge is 2.22. The molecule has 0 unspecified atom stereocenters. The van der Waals surface area contributed by atoms with E-state index in [4.69, 9.17) is 5.11 Å². The minimum Gasteiger partial charge on any atom is -0.480 e. The van der Waals surface area contributed by atoms with Crippen molar-refractivity contribution in [1.82, 2.24) is 15.1 Å². The molecule has 3 amide bonds. The lowest BCUT2D eigenvalue weighted by Gasteiger charge is -2.22. The first kappa shape index (κ1) is 14.3. The zero-order chi connectivity index (χ0) is 13.7. The van der Waals surface area contributed by atoms with Crippen molar-refractivity contribution in [3.63, 3.8) is 0 Å². The lowest BCUT2D eigenvalue weighted by atomic mass is 10.3. The van der Waals surface area contributed by atoms with E-state index < -0.39 is 18.0 Å². The Kier molecular flexibility index (Phi) is 4.94. The fourth-order valence-electron chi connectivity index (χ4n) is 1.70. The first-order valence-corrected chi connectivity index (χ1v) is 5.94. The number of likely N-dealkylation sites (N-methyl/N-ethyl adjacent to an activating group) is 1. The maximum Gasteiger partial charge on any atom is 0.325 e. The number of urea groups is 1. The third kappa shape index (κ3) is 3.90. The van der Waals surface area contributed by atoms with Crippen LogP contribution in [0.5, 0.6) is 0 Å². The van der Waals surface area contributed by atoms with Crippen molar-refractivity contribution in [1.29, 1.82) is 0 Å². The summed E-state index contributed by atoms with van der Waals surface area (Å²) in [7, 11) is 1.47. The Labute approximate surface area is 106 Å². The van der Waals surface area contributed by atoms with E-state index in [2.05, 4.69) is 5.32 Å². The lowest BCUT2D eigenvalue weighted by molar-refractivity contribution is -0.138. The van der Waals surface area contributed by atoms with E-state index in [1.54, 1.807) is 4.90 Å². The van der Waals surface area contributed by atoms with Crippen LogP contribution in [0.2, 0.25) is 0 Å². The Balaban J connectivity index is 2.39. The van der Waals surface area contributed by atoms with Gasteiger partial charge in [-0.2, -0.15) is 0 Å². The molecule has 1 aliphatic rings. The molecular formula is C11H19N3O4. The average Bonchev–Trinajstić information content (AvgIpc) is 2.81. The maximum absolute atomic E-state index is 11.8. The highest BCUT2D eigenvalue weighted by Crippen LogP contribution is 2.07. The molecule has 2 N–H and O–H groups in total. The molecule has 0 aromatic rings. The molecule has 18 heavy (non-hydrogen) atoms. The Bertz CT molecular complexity index is 339. The van der Waals surface area contributed by atoms with Gasteiger partial charge in [0.05, 0.1) is 0 Å². The maximum atomic E-state index is 11.8. The van der Waals surface area contributed by atoms with Crippen molar-refractivity contribution < 1.29 is 19.5 Å². The van der Waals surface area contributed by atoms with Crippen LogP contribution >= 0.6 is 0 Å². The van der Waals surface area contributed by atoms with Crippen LogP contribution in [0.3, 0.4) is 0 Å². The number of carboxylic acids is 1. The Morgan fingerprint density at radius 3 is 2.39 bits per heavy atom. The summed E-state index contributed by atoms with van der Waals surface area (Å²) in [6, 6.07) is -1.53. The average molecular weight is 257 g/mol. The quantitative estimate of drug-likeness (QED) is 0.725. The van der Waals surface area contributed by atoms with Crippen molar-refractivity contribution in [3.8, 4) is 0 Å². The van der Waals surface area contributed by atoms with Gasteiger partial charge < -0.3 is 20.2 Å². The van der Waals surface area contributed by atoms with Gasteiger partial charge in [0.15, 0.2) is 0 Å². The second-order valence-corrected chi connectivity index (χ2v) is 4.45. The largest absolute Gasteiger partial charge is 0.480 e. The third-order valence-corrected chi connectivity index (χ3v) is 2.89. The number of amides is 3. The molecule has 0 radical (unpaired) electrons. The molecule has 0 aliphatic carbocycles. The highest BCUT2D eigenvalue weighted by atomic mass is 16.4. The van der Waals surface area contributed by atoms with E-state index in [1.165, 1.54) is 18.9 Å². The summed E-state index contributed by atoms with van der Waals surface area (Å²) >= 11 is 0. The zero-order valence-corrected chi connectivity index (χ0v) is 10.7. The SMILES string of the molecule is C[C@H](NC(=O)N(C)CC(=O)N1CCCC1)C(=O)O. The summed E-state index contributed by atoms with van der Waals surface area (Å²) in [5, 5.41) is 11.0. The summed E-state index contributed by atoms with van der Waals surface area (Å²) in [6.07, 6.45) is 2.00. The molecule has 102 valence electrons. The van der Waals surface area contributed by atoms with E-state index in [0.29, 0.717) is 0 Å². The monoisotopic (exact) mass is 257 g/mol. The number of carbonyl (C=O) groups is 3. The van der Waals surface area contributed by atoms with Crippen LogP contribution in [0.15, 0.2) is 0 Å². The van der Waals surface area contributed by atoms with E-state index in [-0.39, 0.29) is 12.5 Å². The summed E-state index contributed by atoms with van der Waals surface area (Å²) in [5.41, 5.74) is 0. The minimum absolute atomic E-state index is 0.0296. The molecule has 0 aromatic carbocycles. The van der Waals surface area contributed by atoms with Crippen LogP contribution in [0, 0.1) is 0 Å². The Hall–Kier alpha value is -1.79. The predicted molar refractivity (Wildman–Crippen MR) is 64.1 cm³/mol. The number of likely N-dealkylation sites (tertiary alicyclic amines) is 1. The van der Waals surface area contributed by atoms with Gasteiger partial charge in [-0.05, 0) is 19.8 Å². The molecule has 1 saturated heterocycles. The number of nitrogens with zero attached hydrogens (tertiary/aromatic N) is 2. The molecule has 0 aromatic heterocycles. The molecule has 0 saturated carbocycles. The van der Waals surface area contributed by atoms with Gasteiger partial charge >= 0.3 is 12.0 Å². The van der Waals surface area contributed by atoms with Gasteiger partial charge in [0.25, 0.3) is 0 Å². The van der Waals surface area contributed by atoms with Crippen LogP contribution in [-0.4, -0.2) is 65.5 Å². The molecule has 1 fully saturated rings. The van der Waals surface area contributed by atoms with Crippen LogP contribution < -0.4 is 5.32 Å². The van der Waals surface area contributed by atoms with Crippen LogP contribution in [0.4, 0.5) is 4.79 Å². The first-order chi connectivity index (χ1) is 8.41. The lowest BCUT2D eigenvalue weighted by Crippen LogP contribution is -2.48. The third-order valence-electron chi connectivity index (χ3n) is 2.89. The van der Waals surface area contributed by atoms with E-state index in [9.17, 15) is 14.4 Å². The fraction of sp³-hybridized carbons (Fsp3) is 0.727. The van der Waals surface area contributed by atoms with Gasteiger partial charge in [-0.1, -0.05) is 0 Å². The molecule has 0 spiro atoms. The molecular weight excluding hydrogens is 238 g/mol. The van der Waals surface area contributed by atoms with E-state index in [0.717, 1.165) is 25.9 Å². The summed E-state index contributed by atoms with van der Waals surface area (Å²) < 4.78 is 0. The number of hydrogen-bond donors (Lipinski definition) is 2. The number of nitrogens with one attached hydrogen (secondary N) is 1. The minimum atomic E-state index is -1.11. The second kappa shape index (κ2) is 6.23. The van der Waals surface area contributed by atoms with Crippen molar-refractivity contribution in [2.45, 2.75) is 25.8 Å². The molecule has 0 bridgehead atoms. The van der Waals surface area contributed by atoms with Gasteiger partial charge in [-0.15, -0.1) is 0 Å². The summed E-state index contributed by atoms with van der Waals surface area (Å²) in [6.45, 7) is 2.81. The van der Waals surface area contributed by atoms with E-state index >= 15 is 0 Å². The Morgan fingerprint density at radius 1 is 1.33 bits per heavy atom. The molecule has 1 rings (SSSR count). The van der Waals surface area contributed by atoms with E-state index in [1.807, 2.05) is 0 Å². The van der Waals surface area contributed by atoms with Gasteiger partial charge in [0, 0.05) is 20.1 Å². The Morgan fingerprint density at radius 2 is 1.89 bits per heavy atom. The van der Waals surface area contributed by atoms with Crippen LogP contribution in [0.25, 0.3) is 0 Å². The second-order valence-electron chi connectivity index (χ2n) is 4.45. The molecule has 7 nitrogen and oxygen atoms in total. The molecule has 1 atom stereocenters. The first-order valence-electron chi connectivity index (χ1n) is 5.94. The van der Waals surface area contributed by atoms with Gasteiger partial charge in [-0.25, -0.2) is 4.79 Å². The van der Waals surface area contributed by atoms with Gasteiger partial charge in [-0.3, -0.25) is 9.59 Å². The number of aliphatic carboxylic acids is 1. The zero-order valence-electron chi connectivity index (χ0n) is 10.7. The van der Waals surface area contributed by atoms with Gasteiger partial charge in [0.1, 0.15) is 12.6 Å². The van der Waals surface area contributed by atoms with Crippen molar-refractivity contribution in [3.05, 3.63) is 0 Å². The fourth-order valence-corrected chi connectivity index (χ4v) is 1.70. The van der Waals surface area contributed by atoms with Crippen molar-refractivity contribution >= 4 is 17.9 Å². The topological polar surface area (TPSA) is 90.0 Å². The van der Waals surface area contributed by atoms with Crippen molar-refractivity contribution in [2.75, 3.05) is 26.7 Å². The molecule has 7 heteroatoms. The summed E-state index contributed by atoms with van der Waals surface area (Å²) in [4.78, 5) is 36.8. The standard InChI is InChI=1S/C11H19N3O4/c1-8(10(16)17)12-11(18)13(2)7-9(15)14-5-3-4-6-14/h8H,3-7H2,1-2H3,(H,12,18)(H,16,17)/t8-/m0/s1. The summed E-state index contributed by atoms with van der Waals surface area (Å²) in [5.74, 6) is -1.21. The van der Waals surface area contributed by atoms with Gasteiger partial charge in [0.2, 0.25) is 5.91 Å². The molecule has 1 aliphatic heterocycles. The van der Waals surface area contributed by atoms with Crippen LogP contribution in [0.1, 0.15) is 19.8 Å². The number of carboxylic acid groups (broad SMARTS) is 1. The predicted octanol–water partition coefficient (Wildman–Crippen LogP) is -0.277. The smallest absolute Gasteiger partial charge is 0.325 e. The molecule has 1 heterocycles.